The molecule has 17 heavy (non-hydrogen) atoms. The maximum absolute atomic E-state index is 12.6. The number of carbonyl (C=O) groups is 2. The van der Waals surface area contributed by atoms with Crippen molar-refractivity contribution in [3.8, 4) is 11.5 Å². The average molecular weight is 240 g/mol. The first-order chi connectivity index (χ1) is 8.13. The predicted molar refractivity (Wildman–Crippen MR) is 54.2 cm³/mol. The van der Waals surface area contributed by atoms with E-state index in [-0.39, 0.29) is 35.8 Å². The molecule has 1 heterocycles. The van der Waals surface area contributed by atoms with E-state index in [1.807, 2.05) is 0 Å². The maximum Gasteiger partial charge on any atom is 0.377 e. The molecule has 5 nitrogen and oxygen atoms in total. The number of rotatable bonds is 3. The Labute approximate surface area is 95.8 Å². The van der Waals surface area contributed by atoms with Gasteiger partial charge < -0.3 is 14.6 Å². The Morgan fingerprint density at radius 1 is 1.29 bits per heavy atom. The molecule has 1 aliphatic heterocycles. The summed E-state index contributed by atoms with van der Waals surface area (Å²) in [4.78, 5) is 22.1. The van der Waals surface area contributed by atoms with Crippen molar-refractivity contribution in [3.05, 3.63) is 23.3 Å². The molecule has 0 saturated heterocycles. The predicted octanol–water partition coefficient (Wildman–Crippen LogP) is 1.19. The molecule has 6 heteroatoms. The summed E-state index contributed by atoms with van der Waals surface area (Å²) in [5, 5.41) is 8.66. The van der Waals surface area contributed by atoms with E-state index >= 15 is 0 Å². The van der Waals surface area contributed by atoms with E-state index in [0.29, 0.717) is 0 Å². The second kappa shape index (κ2) is 4.40. The molecule has 0 aromatic heterocycles. The van der Waals surface area contributed by atoms with Crippen molar-refractivity contribution in [2.45, 2.75) is 6.67 Å². The van der Waals surface area contributed by atoms with Crippen molar-refractivity contribution in [2.24, 2.45) is 0 Å². The van der Waals surface area contributed by atoms with E-state index < -0.39 is 18.4 Å². The van der Waals surface area contributed by atoms with Gasteiger partial charge in [-0.05, 0) is 17.7 Å². The maximum atomic E-state index is 12.6. The third kappa shape index (κ3) is 2.06. The molecular formula is C11H9FO5. The van der Waals surface area contributed by atoms with Crippen LogP contribution in [0, 0.1) is 0 Å². The van der Waals surface area contributed by atoms with Gasteiger partial charge >= 0.3 is 5.97 Å². The topological polar surface area (TPSA) is 72.8 Å². The van der Waals surface area contributed by atoms with Gasteiger partial charge in [-0.15, -0.1) is 0 Å². The highest BCUT2D eigenvalue weighted by molar-refractivity contribution is 6.40. The number of hydrogen-bond donors (Lipinski definition) is 1. The quantitative estimate of drug-likeness (QED) is 0.634. The van der Waals surface area contributed by atoms with Crippen LogP contribution in [-0.4, -0.2) is 30.1 Å². The summed E-state index contributed by atoms with van der Waals surface area (Å²) in [6.45, 7) is -0.304. The van der Waals surface area contributed by atoms with Crippen molar-refractivity contribution in [1.82, 2.24) is 0 Å². The van der Waals surface area contributed by atoms with Crippen LogP contribution >= 0.6 is 0 Å². The van der Waals surface area contributed by atoms with Crippen molar-refractivity contribution in [1.29, 1.82) is 0 Å². The van der Waals surface area contributed by atoms with Gasteiger partial charge in [0, 0.05) is 0 Å². The number of ether oxygens (including phenoxy) is 2. The van der Waals surface area contributed by atoms with E-state index in [0.717, 1.165) is 0 Å². The lowest BCUT2D eigenvalue weighted by molar-refractivity contribution is -0.131. The van der Waals surface area contributed by atoms with Crippen molar-refractivity contribution in [2.75, 3.05) is 13.2 Å². The summed E-state index contributed by atoms with van der Waals surface area (Å²) in [6.07, 6.45) is 0. The molecule has 0 spiro atoms. The highest BCUT2D eigenvalue weighted by Crippen LogP contribution is 2.35. The number of alkyl halides is 1. The van der Waals surface area contributed by atoms with Gasteiger partial charge in [0.1, 0.15) is 19.9 Å². The smallest absolute Gasteiger partial charge is 0.377 e. The molecule has 0 radical (unpaired) electrons. The third-order valence-electron chi connectivity index (χ3n) is 2.30. The molecule has 90 valence electrons. The number of carbonyl (C=O) groups excluding carboxylic acids is 1. The van der Waals surface area contributed by atoms with Crippen LogP contribution in [0.3, 0.4) is 0 Å². The third-order valence-corrected chi connectivity index (χ3v) is 2.30. The zero-order chi connectivity index (χ0) is 12.4. The Morgan fingerprint density at radius 3 is 2.65 bits per heavy atom. The molecule has 2 rings (SSSR count). The largest absolute Gasteiger partial charge is 0.486 e. The Morgan fingerprint density at radius 2 is 2.00 bits per heavy atom. The summed E-state index contributed by atoms with van der Waals surface area (Å²) in [6, 6.07) is 2.57. The Hall–Kier alpha value is -2.11. The van der Waals surface area contributed by atoms with Crippen LogP contribution in [0.4, 0.5) is 4.39 Å². The molecule has 1 aromatic rings. The Kier molecular flexibility index (Phi) is 2.95. The van der Waals surface area contributed by atoms with Gasteiger partial charge in [-0.2, -0.15) is 0 Å². The van der Waals surface area contributed by atoms with E-state index in [9.17, 15) is 14.0 Å². The molecule has 0 bridgehead atoms. The highest BCUT2D eigenvalue weighted by atomic mass is 19.1. The van der Waals surface area contributed by atoms with Crippen LogP contribution in [-0.2, 0) is 11.5 Å². The van der Waals surface area contributed by atoms with Crippen LogP contribution in [0.2, 0.25) is 0 Å². The number of aliphatic carboxylic acids is 1. The lowest BCUT2D eigenvalue weighted by Crippen LogP contribution is -2.21. The fraction of sp³-hybridized carbons (Fsp3) is 0.273. The van der Waals surface area contributed by atoms with Crippen LogP contribution < -0.4 is 9.47 Å². The summed E-state index contributed by atoms with van der Waals surface area (Å²) in [5.74, 6) is -2.48. The van der Waals surface area contributed by atoms with E-state index in [1.54, 1.807) is 0 Å². The standard InChI is InChI=1S/C11H9FO5/c12-5-6-3-7(9(13)11(14)15)10-8(4-6)16-1-2-17-10/h3-4H,1-2,5H2,(H,14,15). The van der Waals surface area contributed by atoms with Crippen LogP contribution in [0.15, 0.2) is 12.1 Å². The Balaban J connectivity index is 2.55. The number of carboxylic acid groups (broad SMARTS) is 1. The van der Waals surface area contributed by atoms with Gasteiger partial charge in [-0.1, -0.05) is 0 Å². The normalized spacial score (nSPS) is 13.2. The highest BCUT2D eigenvalue weighted by Gasteiger charge is 2.25. The van der Waals surface area contributed by atoms with Crippen molar-refractivity contribution in [3.63, 3.8) is 0 Å². The molecule has 1 aromatic carbocycles. The number of benzene rings is 1. The van der Waals surface area contributed by atoms with Gasteiger partial charge in [0.2, 0.25) is 0 Å². The minimum absolute atomic E-state index is 0.0702. The second-order valence-corrected chi connectivity index (χ2v) is 3.44. The van der Waals surface area contributed by atoms with Gasteiger partial charge in [-0.3, -0.25) is 4.79 Å². The fourth-order valence-electron chi connectivity index (χ4n) is 1.57. The van der Waals surface area contributed by atoms with Gasteiger partial charge in [0.15, 0.2) is 11.5 Å². The molecule has 0 fully saturated rings. The van der Waals surface area contributed by atoms with Crippen LogP contribution in [0.25, 0.3) is 0 Å². The molecule has 0 atom stereocenters. The zero-order valence-electron chi connectivity index (χ0n) is 8.73. The first kappa shape index (κ1) is 11.4. The van der Waals surface area contributed by atoms with Crippen molar-refractivity contribution < 1.29 is 28.6 Å². The van der Waals surface area contributed by atoms with Gasteiger partial charge in [0.25, 0.3) is 5.78 Å². The first-order valence-electron chi connectivity index (χ1n) is 4.89. The SMILES string of the molecule is O=C(O)C(=O)c1cc(CF)cc2c1OCCO2. The van der Waals surface area contributed by atoms with E-state index in [1.165, 1.54) is 12.1 Å². The van der Waals surface area contributed by atoms with Gasteiger partial charge in [-0.25, -0.2) is 9.18 Å². The number of Topliss-reactive ketones (excluding diaryl/α,β-unsaturated/α-hetero) is 1. The first-order valence-corrected chi connectivity index (χ1v) is 4.89. The molecule has 0 saturated carbocycles. The van der Waals surface area contributed by atoms with Gasteiger partial charge in [0.05, 0.1) is 5.56 Å². The number of carboxylic acids is 1. The lowest BCUT2D eigenvalue weighted by atomic mass is 10.0. The molecular weight excluding hydrogens is 231 g/mol. The summed E-state index contributed by atoms with van der Waals surface area (Å²) >= 11 is 0. The zero-order valence-corrected chi connectivity index (χ0v) is 8.73. The Bertz CT molecular complexity index is 483. The van der Waals surface area contributed by atoms with E-state index in [4.69, 9.17) is 14.6 Å². The fourth-order valence-corrected chi connectivity index (χ4v) is 1.57. The number of halogens is 1. The summed E-state index contributed by atoms with van der Waals surface area (Å²) < 4.78 is 23.0. The number of fused-ring (bicyclic) bond motifs is 1. The monoisotopic (exact) mass is 240 g/mol. The average Bonchev–Trinajstić information content (AvgIpc) is 2.36. The molecule has 0 unspecified atom stereocenters. The van der Waals surface area contributed by atoms with Crippen LogP contribution in [0.5, 0.6) is 11.5 Å². The summed E-state index contributed by atoms with van der Waals surface area (Å²) in [5.41, 5.74) is 0.00111. The molecule has 0 amide bonds. The number of ketones is 1. The molecule has 0 aliphatic carbocycles. The minimum atomic E-state index is -1.61. The second-order valence-electron chi connectivity index (χ2n) is 3.44. The molecule has 1 aliphatic rings. The number of hydrogen-bond acceptors (Lipinski definition) is 4. The van der Waals surface area contributed by atoms with E-state index in [2.05, 4.69) is 0 Å². The molecule has 1 N–H and O–H groups in total. The van der Waals surface area contributed by atoms with Crippen molar-refractivity contribution >= 4 is 11.8 Å². The van der Waals surface area contributed by atoms with Crippen LogP contribution in [0.1, 0.15) is 15.9 Å². The minimum Gasteiger partial charge on any atom is -0.486 e. The summed E-state index contributed by atoms with van der Waals surface area (Å²) in [7, 11) is 0. The lowest BCUT2D eigenvalue weighted by Gasteiger charge is -2.20.